The molecule has 1 N–H and O–H groups in total. The fraction of sp³-hybridized carbons (Fsp3) is 0.533. The van der Waals surface area contributed by atoms with Crippen molar-refractivity contribution in [2.75, 3.05) is 36.5 Å². The Morgan fingerprint density at radius 2 is 2.00 bits per heavy atom. The first-order valence-corrected chi connectivity index (χ1v) is 9.18. The van der Waals surface area contributed by atoms with E-state index < -0.39 is 9.84 Å². The molecule has 116 valence electrons. The van der Waals surface area contributed by atoms with Gasteiger partial charge in [0.25, 0.3) is 5.91 Å². The molecule has 0 unspecified atom stereocenters. The van der Waals surface area contributed by atoms with Crippen LogP contribution in [0.2, 0.25) is 0 Å². The van der Waals surface area contributed by atoms with Gasteiger partial charge in [0.2, 0.25) is 0 Å². The number of para-hydroxylation sites is 1. The predicted molar refractivity (Wildman–Crippen MR) is 84.4 cm³/mol. The number of hydrogen-bond donors (Lipinski definition) is 1. The van der Waals surface area contributed by atoms with Crippen LogP contribution >= 0.6 is 0 Å². The van der Waals surface area contributed by atoms with E-state index in [1.54, 1.807) is 11.0 Å². The molecule has 1 fully saturated rings. The number of nitrogens with one attached hydrogen (secondary N) is 1. The van der Waals surface area contributed by atoms with Gasteiger partial charge in [0.15, 0.2) is 9.84 Å². The summed E-state index contributed by atoms with van der Waals surface area (Å²) in [4.78, 5) is 14.3. The lowest BCUT2D eigenvalue weighted by atomic mass is 10.1. The third-order valence-electron chi connectivity index (χ3n) is 3.57. The highest BCUT2D eigenvalue weighted by molar-refractivity contribution is 7.91. The Labute approximate surface area is 126 Å². The maximum Gasteiger partial charge on any atom is 0.255 e. The number of carbonyl (C=O) groups excluding carboxylic acids is 1. The number of carbonyl (C=O) groups is 1. The molecule has 1 amide bonds. The van der Waals surface area contributed by atoms with Gasteiger partial charge in [0.05, 0.1) is 17.1 Å². The molecule has 1 aromatic rings. The second kappa shape index (κ2) is 6.93. The molecule has 0 atom stereocenters. The molecule has 1 aliphatic heterocycles. The summed E-state index contributed by atoms with van der Waals surface area (Å²) < 4.78 is 23.3. The summed E-state index contributed by atoms with van der Waals surface area (Å²) in [5, 5.41) is 3.25. The van der Waals surface area contributed by atoms with Crippen LogP contribution in [0.25, 0.3) is 0 Å². The molecular formula is C15H22N2O3S. The molecule has 0 bridgehead atoms. The number of benzene rings is 1. The fourth-order valence-corrected chi connectivity index (χ4v) is 3.67. The van der Waals surface area contributed by atoms with Crippen LogP contribution in [0.3, 0.4) is 0 Å². The highest BCUT2D eigenvalue weighted by atomic mass is 32.2. The van der Waals surface area contributed by atoms with Gasteiger partial charge in [-0.15, -0.1) is 0 Å². The van der Waals surface area contributed by atoms with Crippen molar-refractivity contribution in [2.45, 2.75) is 19.8 Å². The molecule has 0 spiro atoms. The van der Waals surface area contributed by atoms with Crippen LogP contribution < -0.4 is 5.32 Å². The SMILES string of the molecule is CCCNc1ccccc1C(=O)N1CCCS(=O)(=O)CC1. The highest BCUT2D eigenvalue weighted by Crippen LogP contribution is 2.18. The van der Waals surface area contributed by atoms with Gasteiger partial charge < -0.3 is 10.2 Å². The van der Waals surface area contributed by atoms with Gasteiger partial charge in [-0.2, -0.15) is 0 Å². The molecule has 0 aliphatic carbocycles. The smallest absolute Gasteiger partial charge is 0.255 e. The summed E-state index contributed by atoms with van der Waals surface area (Å²) in [5.41, 5.74) is 1.43. The molecule has 1 aromatic carbocycles. The van der Waals surface area contributed by atoms with Crippen LogP contribution in [0.1, 0.15) is 30.1 Å². The van der Waals surface area contributed by atoms with E-state index in [2.05, 4.69) is 12.2 Å². The van der Waals surface area contributed by atoms with Crippen LogP contribution in [0.4, 0.5) is 5.69 Å². The quantitative estimate of drug-likeness (QED) is 0.920. The van der Waals surface area contributed by atoms with E-state index in [9.17, 15) is 13.2 Å². The van der Waals surface area contributed by atoms with E-state index >= 15 is 0 Å². The molecule has 0 saturated carbocycles. The second-order valence-corrected chi connectivity index (χ2v) is 7.57. The van der Waals surface area contributed by atoms with Gasteiger partial charge in [0.1, 0.15) is 0 Å². The Morgan fingerprint density at radius 1 is 1.24 bits per heavy atom. The molecule has 1 heterocycles. The van der Waals surface area contributed by atoms with Crippen molar-refractivity contribution in [2.24, 2.45) is 0 Å². The number of hydrogen-bond acceptors (Lipinski definition) is 4. The van der Waals surface area contributed by atoms with Gasteiger partial charge in [-0.3, -0.25) is 4.79 Å². The Hall–Kier alpha value is -1.56. The van der Waals surface area contributed by atoms with Crippen molar-refractivity contribution < 1.29 is 13.2 Å². The number of nitrogens with zero attached hydrogens (tertiary/aromatic N) is 1. The summed E-state index contributed by atoms with van der Waals surface area (Å²) in [6, 6.07) is 7.40. The number of anilines is 1. The topological polar surface area (TPSA) is 66.5 Å². The minimum atomic E-state index is -3.00. The van der Waals surface area contributed by atoms with E-state index in [0.29, 0.717) is 18.5 Å². The van der Waals surface area contributed by atoms with E-state index in [0.717, 1.165) is 18.7 Å². The van der Waals surface area contributed by atoms with Gasteiger partial charge in [-0.1, -0.05) is 19.1 Å². The van der Waals surface area contributed by atoms with Crippen LogP contribution in [-0.4, -0.2) is 50.4 Å². The maximum atomic E-state index is 12.6. The van der Waals surface area contributed by atoms with Crippen LogP contribution in [0.15, 0.2) is 24.3 Å². The summed E-state index contributed by atoms with van der Waals surface area (Å²) in [6.07, 6.45) is 1.49. The van der Waals surface area contributed by atoms with Crippen molar-refractivity contribution in [1.82, 2.24) is 4.90 Å². The maximum absolute atomic E-state index is 12.6. The average molecular weight is 310 g/mol. The minimum absolute atomic E-state index is 0.0588. The monoisotopic (exact) mass is 310 g/mol. The standard InChI is InChI=1S/C15H22N2O3S/c1-2-8-16-14-7-4-3-6-13(14)15(18)17-9-5-11-21(19,20)12-10-17/h3-4,6-7,16H,2,5,8-12H2,1H3. The average Bonchev–Trinajstić information content (AvgIpc) is 2.65. The van der Waals surface area contributed by atoms with Crippen LogP contribution in [0, 0.1) is 0 Å². The molecular weight excluding hydrogens is 288 g/mol. The van der Waals surface area contributed by atoms with Gasteiger partial charge in [-0.05, 0) is 25.0 Å². The fourth-order valence-electron chi connectivity index (χ4n) is 2.40. The normalized spacial score (nSPS) is 18.0. The summed E-state index contributed by atoms with van der Waals surface area (Å²) in [7, 11) is -3.00. The number of sulfone groups is 1. The van der Waals surface area contributed by atoms with Crippen molar-refractivity contribution >= 4 is 21.4 Å². The Morgan fingerprint density at radius 3 is 2.76 bits per heavy atom. The minimum Gasteiger partial charge on any atom is -0.384 e. The van der Waals surface area contributed by atoms with Crippen molar-refractivity contribution in [1.29, 1.82) is 0 Å². The lowest BCUT2D eigenvalue weighted by molar-refractivity contribution is 0.0769. The number of amides is 1. The Kier molecular flexibility index (Phi) is 5.22. The summed E-state index contributed by atoms with van der Waals surface area (Å²) >= 11 is 0. The van der Waals surface area contributed by atoms with E-state index in [1.807, 2.05) is 18.2 Å². The molecule has 0 aromatic heterocycles. The summed E-state index contributed by atoms with van der Waals surface area (Å²) in [5.74, 6) is 0.141. The van der Waals surface area contributed by atoms with Crippen molar-refractivity contribution in [3.8, 4) is 0 Å². The summed E-state index contributed by atoms with van der Waals surface area (Å²) in [6.45, 7) is 3.65. The Bertz CT molecular complexity index is 599. The molecule has 1 aliphatic rings. The van der Waals surface area contributed by atoms with Gasteiger partial charge in [0, 0.05) is 25.3 Å². The third kappa shape index (κ3) is 4.20. The van der Waals surface area contributed by atoms with E-state index in [4.69, 9.17) is 0 Å². The van der Waals surface area contributed by atoms with Gasteiger partial charge >= 0.3 is 0 Å². The van der Waals surface area contributed by atoms with Crippen molar-refractivity contribution in [3.63, 3.8) is 0 Å². The Balaban J connectivity index is 2.16. The zero-order valence-electron chi connectivity index (χ0n) is 12.3. The first-order valence-electron chi connectivity index (χ1n) is 7.36. The first kappa shape index (κ1) is 15.8. The molecule has 5 nitrogen and oxygen atoms in total. The van der Waals surface area contributed by atoms with Crippen LogP contribution in [0.5, 0.6) is 0 Å². The lowest BCUT2D eigenvalue weighted by Gasteiger charge is -2.21. The molecule has 6 heteroatoms. The van der Waals surface area contributed by atoms with Crippen molar-refractivity contribution in [3.05, 3.63) is 29.8 Å². The zero-order valence-corrected chi connectivity index (χ0v) is 13.2. The zero-order chi connectivity index (χ0) is 15.3. The third-order valence-corrected chi connectivity index (χ3v) is 5.28. The molecule has 2 rings (SSSR count). The lowest BCUT2D eigenvalue weighted by Crippen LogP contribution is -2.34. The second-order valence-electron chi connectivity index (χ2n) is 5.27. The van der Waals surface area contributed by atoms with Crippen LogP contribution in [-0.2, 0) is 9.84 Å². The molecule has 21 heavy (non-hydrogen) atoms. The molecule has 0 radical (unpaired) electrons. The predicted octanol–water partition coefficient (Wildman–Crippen LogP) is 1.77. The highest BCUT2D eigenvalue weighted by Gasteiger charge is 2.24. The first-order chi connectivity index (χ1) is 10.0. The molecule has 1 saturated heterocycles. The van der Waals surface area contributed by atoms with Gasteiger partial charge in [-0.25, -0.2) is 8.42 Å². The largest absolute Gasteiger partial charge is 0.384 e. The van der Waals surface area contributed by atoms with E-state index in [1.165, 1.54) is 0 Å². The number of rotatable bonds is 4. The van der Waals surface area contributed by atoms with E-state index in [-0.39, 0.29) is 24.0 Å².